The molecule has 0 aliphatic rings. The highest BCUT2D eigenvalue weighted by atomic mass is 16.5. The molecule has 0 fully saturated rings. The zero-order valence-electron chi connectivity index (χ0n) is 14.1. The van der Waals surface area contributed by atoms with Crippen LogP contribution in [0.25, 0.3) is 10.9 Å². The first-order chi connectivity index (χ1) is 12.2. The number of aryl methyl sites for hydroxylation is 1. The first kappa shape index (κ1) is 16.8. The third kappa shape index (κ3) is 4.70. The predicted molar refractivity (Wildman–Crippen MR) is 96.9 cm³/mol. The smallest absolute Gasteiger partial charge is 0.258 e. The standard InChI is InChI=1S/C20H20N2O3/c1-15-7-9-17(10-8-15)25-14-19(23)21-12-13-24-18-6-2-4-16-5-3-11-22-20(16)18/h2-11H,12-14H2,1H3,(H,21,23). The first-order valence-electron chi connectivity index (χ1n) is 8.15. The van der Waals surface area contributed by atoms with Crippen molar-refractivity contribution in [2.75, 3.05) is 19.8 Å². The van der Waals surface area contributed by atoms with Crippen molar-refractivity contribution < 1.29 is 14.3 Å². The molecule has 0 atom stereocenters. The van der Waals surface area contributed by atoms with Crippen molar-refractivity contribution in [1.82, 2.24) is 10.3 Å². The van der Waals surface area contributed by atoms with Gasteiger partial charge in [0, 0.05) is 11.6 Å². The zero-order valence-corrected chi connectivity index (χ0v) is 14.1. The van der Waals surface area contributed by atoms with Gasteiger partial charge in [-0.15, -0.1) is 0 Å². The molecule has 1 aromatic heterocycles. The van der Waals surface area contributed by atoms with E-state index in [2.05, 4.69) is 10.3 Å². The maximum atomic E-state index is 11.8. The van der Waals surface area contributed by atoms with Gasteiger partial charge in [-0.25, -0.2) is 0 Å². The van der Waals surface area contributed by atoms with Crippen LogP contribution in [-0.4, -0.2) is 30.6 Å². The van der Waals surface area contributed by atoms with Crippen LogP contribution in [0.1, 0.15) is 5.56 Å². The molecule has 25 heavy (non-hydrogen) atoms. The number of amides is 1. The number of hydrogen-bond donors (Lipinski definition) is 1. The highest BCUT2D eigenvalue weighted by Gasteiger charge is 2.04. The first-order valence-corrected chi connectivity index (χ1v) is 8.15. The summed E-state index contributed by atoms with van der Waals surface area (Å²) in [4.78, 5) is 16.1. The number of carbonyl (C=O) groups is 1. The number of nitrogens with one attached hydrogen (secondary N) is 1. The third-order valence-corrected chi connectivity index (χ3v) is 3.67. The van der Waals surface area contributed by atoms with E-state index in [0.29, 0.717) is 24.7 Å². The summed E-state index contributed by atoms with van der Waals surface area (Å²) in [5, 5.41) is 3.80. The van der Waals surface area contributed by atoms with E-state index < -0.39 is 0 Å². The highest BCUT2D eigenvalue weighted by molar-refractivity contribution is 5.84. The Hall–Kier alpha value is -3.08. The largest absolute Gasteiger partial charge is 0.489 e. The van der Waals surface area contributed by atoms with Crippen LogP contribution in [0, 0.1) is 6.92 Å². The van der Waals surface area contributed by atoms with Crippen LogP contribution in [0.2, 0.25) is 0 Å². The summed E-state index contributed by atoms with van der Waals surface area (Å²) in [5.41, 5.74) is 1.97. The monoisotopic (exact) mass is 336 g/mol. The topological polar surface area (TPSA) is 60.5 Å². The number of pyridine rings is 1. The van der Waals surface area contributed by atoms with Crippen LogP contribution >= 0.6 is 0 Å². The van der Waals surface area contributed by atoms with Gasteiger partial charge in [-0.05, 0) is 31.2 Å². The minimum Gasteiger partial charge on any atom is -0.489 e. The molecule has 1 N–H and O–H groups in total. The van der Waals surface area contributed by atoms with E-state index in [9.17, 15) is 4.79 Å². The fourth-order valence-corrected chi connectivity index (χ4v) is 2.38. The molecule has 0 unspecified atom stereocenters. The second kappa shape index (κ2) is 8.15. The molecule has 0 spiro atoms. The number of carbonyl (C=O) groups excluding carboxylic acids is 1. The number of fused-ring (bicyclic) bond motifs is 1. The summed E-state index contributed by atoms with van der Waals surface area (Å²) in [7, 11) is 0. The average molecular weight is 336 g/mol. The van der Waals surface area contributed by atoms with Gasteiger partial charge in [-0.3, -0.25) is 9.78 Å². The maximum absolute atomic E-state index is 11.8. The Bertz CT molecular complexity index is 842. The number of benzene rings is 2. The Morgan fingerprint density at radius 2 is 1.84 bits per heavy atom. The average Bonchev–Trinajstić information content (AvgIpc) is 2.65. The Morgan fingerprint density at radius 3 is 2.68 bits per heavy atom. The Balaban J connectivity index is 1.42. The van der Waals surface area contributed by atoms with E-state index in [-0.39, 0.29) is 12.5 Å². The fourth-order valence-electron chi connectivity index (χ4n) is 2.38. The molecule has 5 nitrogen and oxygen atoms in total. The number of nitrogens with zero attached hydrogens (tertiary/aromatic N) is 1. The van der Waals surface area contributed by atoms with E-state index in [0.717, 1.165) is 16.5 Å². The van der Waals surface area contributed by atoms with Crippen LogP contribution in [0.15, 0.2) is 60.8 Å². The molecule has 0 saturated carbocycles. The van der Waals surface area contributed by atoms with Crippen molar-refractivity contribution in [1.29, 1.82) is 0 Å². The van der Waals surface area contributed by atoms with Crippen molar-refractivity contribution in [3.63, 3.8) is 0 Å². The van der Waals surface area contributed by atoms with Gasteiger partial charge in [-0.2, -0.15) is 0 Å². The molecule has 3 rings (SSSR count). The minimum absolute atomic E-state index is 0.0150. The lowest BCUT2D eigenvalue weighted by molar-refractivity contribution is -0.123. The van der Waals surface area contributed by atoms with Crippen LogP contribution in [0.4, 0.5) is 0 Å². The molecule has 2 aromatic carbocycles. The number of hydrogen-bond acceptors (Lipinski definition) is 4. The van der Waals surface area contributed by atoms with E-state index in [1.165, 1.54) is 0 Å². The maximum Gasteiger partial charge on any atom is 0.258 e. The van der Waals surface area contributed by atoms with Crippen LogP contribution in [0.3, 0.4) is 0 Å². The van der Waals surface area contributed by atoms with Gasteiger partial charge < -0.3 is 14.8 Å². The summed E-state index contributed by atoms with van der Waals surface area (Å²) < 4.78 is 11.2. The normalized spacial score (nSPS) is 10.4. The van der Waals surface area contributed by atoms with Crippen LogP contribution in [-0.2, 0) is 4.79 Å². The van der Waals surface area contributed by atoms with Gasteiger partial charge in [0.05, 0.1) is 6.54 Å². The van der Waals surface area contributed by atoms with Crippen molar-refractivity contribution in [2.45, 2.75) is 6.92 Å². The molecule has 128 valence electrons. The Morgan fingerprint density at radius 1 is 1.04 bits per heavy atom. The molecule has 1 amide bonds. The number of rotatable bonds is 7. The van der Waals surface area contributed by atoms with Gasteiger partial charge in [0.15, 0.2) is 6.61 Å². The zero-order chi connectivity index (χ0) is 17.5. The summed E-state index contributed by atoms with van der Waals surface area (Å²) >= 11 is 0. The summed E-state index contributed by atoms with van der Waals surface area (Å²) in [5.74, 6) is 1.21. The Labute approximate surface area is 146 Å². The number of para-hydroxylation sites is 1. The molecular formula is C20H20N2O3. The lowest BCUT2D eigenvalue weighted by atomic mass is 10.2. The Kier molecular flexibility index (Phi) is 5.46. The van der Waals surface area contributed by atoms with E-state index in [1.54, 1.807) is 6.20 Å². The predicted octanol–water partition coefficient (Wildman–Crippen LogP) is 3.12. The lowest BCUT2D eigenvalue weighted by Gasteiger charge is -2.10. The summed E-state index contributed by atoms with van der Waals surface area (Å²) in [6.07, 6.45) is 1.74. The SMILES string of the molecule is Cc1ccc(OCC(=O)NCCOc2cccc3cccnc23)cc1. The highest BCUT2D eigenvalue weighted by Crippen LogP contribution is 2.22. The molecule has 5 heteroatoms. The second-order valence-corrected chi connectivity index (χ2v) is 5.63. The van der Waals surface area contributed by atoms with Crippen molar-refractivity contribution in [2.24, 2.45) is 0 Å². The van der Waals surface area contributed by atoms with Crippen molar-refractivity contribution in [3.8, 4) is 11.5 Å². The third-order valence-electron chi connectivity index (χ3n) is 3.67. The number of aromatic nitrogens is 1. The van der Waals surface area contributed by atoms with Gasteiger partial charge >= 0.3 is 0 Å². The van der Waals surface area contributed by atoms with Gasteiger partial charge in [0.2, 0.25) is 0 Å². The van der Waals surface area contributed by atoms with Crippen LogP contribution in [0.5, 0.6) is 11.5 Å². The van der Waals surface area contributed by atoms with E-state index in [4.69, 9.17) is 9.47 Å². The summed E-state index contributed by atoms with van der Waals surface area (Å²) in [6.45, 7) is 2.76. The quantitative estimate of drug-likeness (QED) is 0.674. The number of ether oxygens (including phenoxy) is 2. The van der Waals surface area contributed by atoms with Crippen LogP contribution < -0.4 is 14.8 Å². The molecular weight excluding hydrogens is 316 g/mol. The summed E-state index contributed by atoms with van der Waals surface area (Å²) in [6, 6.07) is 17.2. The molecule has 0 radical (unpaired) electrons. The minimum atomic E-state index is -0.180. The van der Waals surface area contributed by atoms with Crippen molar-refractivity contribution >= 4 is 16.8 Å². The molecule has 3 aromatic rings. The van der Waals surface area contributed by atoms with Gasteiger partial charge in [0.1, 0.15) is 23.6 Å². The fraction of sp³-hybridized carbons (Fsp3) is 0.200. The lowest BCUT2D eigenvalue weighted by Crippen LogP contribution is -2.32. The van der Waals surface area contributed by atoms with E-state index >= 15 is 0 Å². The molecule has 0 saturated heterocycles. The van der Waals surface area contributed by atoms with Gasteiger partial charge in [-0.1, -0.05) is 35.9 Å². The van der Waals surface area contributed by atoms with E-state index in [1.807, 2.05) is 61.5 Å². The second-order valence-electron chi connectivity index (χ2n) is 5.63. The molecule has 1 heterocycles. The molecule has 0 aliphatic carbocycles. The molecule has 0 aliphatic heterocycles. The molecule has 0 bridgehead atoms. The van der Waals surface area contributed by atoms with Gasteiger partial charge in [0.25, 0.3) is 5.91 Å². The van der Waals surface area contributed by atoms with Crippen molar-refractivity contribution in [3.05, 3.63) is 66.4 Å².